The molecule has 6 aromatic rings. The second-order valence-corrected chi connectivity index (χ2v) is 12.6. The molecular weight excluding hydrogens is 594 g/mol. The van der Waals surface area contributed by atoms with Gasteiger partial charge >= 0.3 is 0 Å². The fourth-order valence-electron chi connectivity index (χ4n) is 6.58. The molecule has 0 amide bonds. The molecule has 48 heavy (non-hydrogen) atoms. The van der Waals surface area contributed by atoms with E-state index in [1.807, 2.05) is 18.2 Å². The van der Waals surface area contributed by atoms with Gasteiger partial charge in [-0.15, -0.1) is 0 Å². The van der Waals surface area contributed by atoms with Crippen molar-refractivity contribution in [3.05, 3.63) is 162 Å². The van der Waals surface area contributed by atoms with Gasteiger partial charge in [0.15, 0.2) is 0 Å². The minimum absolute atomic E-state index is 0.0552. The number of piperidine rings is 1. The molecule has 5 heteroatoms. The fourth-order valence-corrected chi connectivity index (χ4v) is 6.58. The molecule has 6 aromatic carbocycles. The lowest BCUT2D eigenvalue weighted by molar-refractivity contribution is -0.0650. The Kier molecular flexibility index (Phi) is 10.7. The standard InChI is InChI=1S/C43H43NO4/c1-2-9-32(10-3-1)29-45-23-8-24-46-40-21-19-37(20-22-40)43-41(47-30-33-15-17-35-11-4-6-13-38(35)25-33)27-44-28-42(43)48-31-34-16-18-36-12-5-7-14-39(36)26-34/h1-7,9-22,25-26,41-44H,8,23-24,27-31H2/t41-,42+,43-. The molecular formula is C43H43NO4. The summed E-state index contributed by atoms with van der Waals surface area (Å²) in [6.45, 7) is 4.49. The van der Waals surface area contributed by atoms with E-state index in [-0.39, 0.29) is 18.1 Å². The highest BCUT2D eigenvalue weighted by molar-refractivity contribution is 5.83. The van der Waals surface area contributed by atoms with Gasteiger partial charge in [0.25, 0.3) is 0 Å². The van der Waals surface area contributed by atoms with Crippen molar-refractivity contribution in [3.8, 4) is 5.75 Å². The van der Waals surface area contributed by atoms with E-state index >= 15 is 0 Å². The van der Waals surface area contributed by atoms with Crippen molar-refractivity contribution in [2.75, 3.05) is 26.3 Å². The fraction of sp³-hybridized carbons (Fsp3) is 0.256. The Bertz CT molecular complexity index is 1800. The average molecular weight is 638 g/mol. The Hall–Kier alpha value is -4.52. The lowest BCUT2D eigenvalue weighted by Gasteiger charge is -2.39. The normalized spacial score (nSPS) is 17.9. The van der Waals surface area contributed by atoms with E-state index in [0.717, 1.165) is 25.3 Å². The number of hydrogen-bond donors (Lipinski definition) is 1. The highest BCUT2D eigenvalue weighted by atomic mass is 16.5. The molecule has 244 valence electrons. The zero-order chi connectivity index (χ0) is 32.4. The number of benzene rings is 6. The first-order chi connectivity index (χ1) is 23.8. The molecule has 0 bridgehead atoms. The molecule has 0 saturated carbocycles. The topological polar surface area (TPSA) is 49.0 Å². The van der Waals surface area contributed by atoms with Crippen LogP contribution in [0, 0.1) is 0 Å². The van der Waals surface area contributed by atoms with Gasteiger partial charge in [-0.25, -0.2) is 0 Å². The van der Waals surface area contributed by atoms with E-state index in [4.69, 9.17) is 18.9 Å². The zero-order valence-corrected chi connectivity index (χ0v) is 27.3. The summed E-state index contributed by atoms with van der Waals surface area (Å²) in [6, 6.07) is 48.8. The number of ether oxygens (including phenoxy) is 4. The van der Waals surface area contributed by atoms with Crippen LogP contribution in [0.2, 0.25) is 0 Å². The maximum atomic E-state index is 6.70. The third kappa shape index (κ3) is 8.30. The molecule has 1 aliphatic heterocycles. The van der Waals surface area contributed by atoms with Crippen molar-refractivity contribution in [3.63, 3.8) is 0 Å². The van der Waals surface area contributed by atoms with Crippen LogP contribution in [0.3, 0.4) is 0 Å². The first kappa shape index (κ1) is 32.0. The Morgan fingerprint density at radius 1 is 0.500 bits per heavy atom. The van der Waals surface area contributed by atoms with Gasteiger partial charge in [0.05, 0.1) is 45.2 Å². The maximum absolute atomic E-state index is 6.70. The molecule has 0 aliphatic carbocycles. The molecule has 0 unspecified atom stereocenters. The number of rotatable bonds is 14. The minimum atomic E-state index is -0.0552. The van der Waals surface area contributed by atoms with Gasteiger partial charge in [-0.1, -0.05) is 115 Å². The highest BCUT2D eigenvalue weighted by Gasteiger charge is 2.36. The summed E-state index contributed by atoms with van der Waals surface area (Å²) in [6.07, 6.45) is 0.721. The quantitative estimate of drug-likeness (QED) is 0.121. The van der Waals surface area contributed by atoms with E-state index in [0.29, 0.717) is 33.0 Å². The summed E-state index contributed by atoms with van der Waals surface area (Å²) >= 11 is 0. The molecule has 0 aromatic heterocycles. The predicted molar refractivity (Wildman–Crippen MR) is 193 cm³/mol. The molecule has 0 radical (unpaired) electrons. The van der Waals surface area contributed by atoms with Gasteiger partial charge in [-0.2, -0.15) is 0 Å². The lowest BCUT2D eigenvalue weighted by atomic mass is 9.85. The third-order valence-corrected chi connectivity index (χ3v) is 9.13. The van der Waals surface area contributed by atoms with Gasteiger partial charge in [0, 0.05) is 25.4 Å². The van der Waals surface area contributed by atoms with E-state index in [1.165, 1.54) is 43.8 Å². The van der Waals surface area contributed by atoms with Gasteiger partial charge < -0.3 is 24.3 Å². The van der Waals surface area contributed by atoms with Gasteiger partial charge in [-0.3, -0.25) is 0 Å². The molecule has 7 rings (SSSR count). The van der Waals surface area contributed by atoms with Crippen LogP contribution >= 0.6 is 0 Å². The third-order valence-electron chi connectivity index (χ3n) is 9.13. The summed E-state index contributed by atoms with van der Waals surface area (Å²) in [5.74, 6) is 0.922. The zero-order valence-electron chi connectivity index (χ0n) is 27.3. The maximum Gasteiger partial charge on any atom is 0.119 e. The largest absolute Gasteiger partial charge is 0.494 e. The number of nitrogens with one attached hydrogen (secondary N) is 1. The van der Waals surface area contributed by atoms with Crippen LogP contribution in [0.25, 0.3) is 21.5 Å². The Balaban J connectivity index is 1.01. The van der Waals surface area contributed by atoms with Gasteiger partial charge in [0.2, 0.25) is 0 Å². The summed E-state index contributed by atoms with van der Waals surface area (Å²) in [7, 11) is 0. The molecule has 1 saturated heterocycles. The SMILES string of the molecule is c1ccc(COCCCOc2ccc([C@H]3[C@@H](OCc4ccc5ccccc5c4)CNC[C@H]3OCc3ccc4ccccc4c3)cc2)cc1. The van der Waals surface area contributed by atoms with E-state index in [2.05, 4.69) is 127 Å². The van der Waals surface area contributed by atoms with Crippen LogP contribution in [0.1, 0.15) is 34.6 Å². The Labute approximate surface area is 283 Å². The second kappa shape index (κ2) is 16.1. The van der Waals surface area contributed by atoms with E-state index in [1.54, 1.807) is 0 Å². The molecule has 1 heterocycles. The molecule has 1 aliphatic rings. The van der Waals surface area contributed by atoms with E-state index in [9.17, 15) is 0 Å². The first-order valence-electron chi connectivity index (χ1n) is 17.0. The summed E-state index contributed by atoms with van der Waals surface area (Å²) < 4.78 is 25.3. The van der Waals surface area contributed by atoms with Crippen molar-refractivity contribution in [2.24, 2.45) is 0 Å². The van der Waals surface area contributed by atoms with Crippen LogP contribution < -0.4 is 10.1 Å². The van der Waals surface area contributed by atoms with Crippen LogP contribution in [0.5, 0.6) is 5.75 Å². The van der Waals surface area contributed by atoms with Crippen LogP contribution in [0.15, 0.2) is 140 Å². The summed E-state index contributed by atoms with van der Waals surface area (Å²) in [4.78, 5) is 0. The summed E-state index contributed by atoms with van der Waals surface area (Å²) in [5, 5.41) is 8.53. The van der Waals surface area contributed by atoms with E-state index < -0.39 is 0 Å². The summed E-state index contributed by atoms with van der Waals surface area (Å²) in [5.41, 5.74) is 4.72. The minimum Gasteiger partial charge on any atom is -0.494 e. The van der Waals surface area contributed by atoms with Crippen LogP contribution in [-0.4, -0.2) is 38.5 Å². The molecule has 1 fully saturated rings. The Morgan fingerprint density at radius 2 is 1.06 bits per heavy atom. The van der Waals surface area contributed by atoms with Crippen molar-refractivity contribution < 1.29 is 18.9 Å². The Morgan fingerprint density at radius 3 is 1.67 bits per heavy atom. The molecule has 1 N–H and O–H groups in total. The van der Waals surface area contributed by atoms with Crippen LogP contribution in [-0.2, 0) is 34.0 Å². The van der Waals surface area contributed by atoms with Gasteiger partial charge in [0.1, 0.15) is 5.75 Å². The monoisotopic (exact) mass is 637 g/mol. The molecule has 5 nitrogen and oxygen atoms in total. The van der Waals surface area contributed by atoms with Crippen molar-refractivity contribution in [2.45, 2.75) is 44.4 Å². The smallest absolute Gasteiger partial charge is 0.119 e. The number of fused-ring (bicyclic) bond motifs is 2. The number of hydrogen-bond acceptors (Lipinski definition) is 5. The van der Waals surface area contributed by atoms with Crippen molar-refractivity contribution in [1.82, 2.24) is 5.32 Å². The van der Waals surface area contributed by atoms with Gasteiger partial charge in [-0.05, 0) is 68.1 Å². The second-order valence-electron chi connectivity index (χ2n) is 12.6. The molecule has 0 spiro atoms. The predicted octanol–water partition coefficient (Wildman–Crippen LogP) is 8.84. The van der Waals surface area contributed by atoms with Crippen molar-refractivity contribution >= 4 is 21.5 Å². The highest BCUT2D eigenvalue weighted by Crippen LogP contribution is 2.33. The first-order valence-corrected chi connectivity index (χ1v) is 17.0. The average Bonchev–Trinajstić information content (AvgIpc) is 3.15. The molecule has 3 atom stereocenters. The lowest BCUT2D eigenvalue weighted by Crippen LogP contribution is -2.50. The van der Waals surface area contributed by atoms with Crippen LogP contribution in [0.4, 0.5) is 0 Å². The van der Waals surface area contributed by atoms with Crippen molar-refractivity contribution in [1.29, 1.82) is 0 Å².